The predicted octanol–water partition coefficient (Wildman–Crippen LogP) is 3.26. The van der Waals surface area contributed by atoms with Crippen molar-refractivity contribution in [3.05, 3.63) is 0 Å². The molecule has 98 valence electrons. The number of ketones is 1. The molecule has 1 saturated heterocycles. The summed E-state index contributed by atoms with van der Waals surface area (Å²) in [6, 6.07) is 0. The SMILES string of the molecule is CCCCCCCCC1(C(C)=O)CCOC1=O. The van der Waals surface area contributed by atoms with E-state index in [1.807, 2.05) is 0 Å². The van der Waals surface area contributed by atoms with Crippen LogP contribution in [-0.4, -0.2) is 18.4 Å². The zero-order valence-corrected chi connectivity index (χ0v) is 11.1. The number of unbranched alkanes of at least 4 members (excludes halogenated alkanes) is 5. The molecule has 1 aliphatic rings. The van der Waals surface area contributed by atoms with Crippen LogP contribution in [0.25, 0.3) is 0 Å². The third-order valence-electron chi connectivity index (χ3n) is 3.78. The van der Waals surface area contributed by atoms with E-state index < -0.39 is 5.41 Å². The fourth-order valence-corrected chi connectivity index (χ4v) is 2.49. The van der Waals surface area contributed by atoms with Gasteiger partial charge in [-0.2, -0.15) is 0 Å². The molecule has 1 atom stereocenters. The third-order valence-corrected chi connectivity index (χ3v) is 3.78. The second-order valence-corrected chi connectivity index (χ2v) is 5.04. The molecule has 0 aromatic carbocycles. The second-order valence-electron chi connectivity index (χ2n) is 5.04. The summed E-state index contributed by atoms with van der Waals surface area (Å²) in [6.07, 6.45) is 8.30. The molecule has 1 aliphatic heterocycles. The predicted molar refractivity (Wildman–Crippen MR) is 66.7 cm³/mol. The van der Waals surface area contributed by atoms with Crippen LogP contribution in [0.5, 0.6) is 0 Å². The van der Waals surface area contributed by atoms with Gasteiger partial charge < -0.3 is 4.74 Å². The van der Waals surface area contributed by atoms with Crippen molar-refractivity contribution in [2.24, 2.45) is 5.41 Å². The Morgan fingerprint density at radius 2 is 1.88 bits per heavy atom. The maximum atomic E-state index is 11.7. The molecule has 0 aromatic heterocycles. The average Bonchev–Trinajstić information content (AvgIpc) is 2.66. The molecule has 3 heteroatoms. The lowest BCUT2D eigenvalue weighted by atomic mass is 9.78. The second kappa shape index (κ2) is 6.77. The molecule has 0 radical (unpaired) electrons. The monoisotopic (exact) mass is 240 g/mol. The van der Waals surface area contributed by atoms with Gasteiger partial charge >= 0.3 is 5.97 Å². The lowest BCUT2D eigenvalue weighted by molar-refractivity contribution is -0.151. The summed E-state index contributed by atoms with van der Waals surface area (Å²) < 4.78 is 4.97. The van der Waals surface area contributed by atoms with Crippen molar-refractivity contribution >= 4 is 11.8 Å². The van der Waals surface area contributed by atoms with Gasteiger partial charge in [-0.1, -0.05) is 45.4 Å². The summed E-state index contributed by atoms with van der Waals surface area (Å²) >= 11 is 0. The minimum absolute atomic E-state index is 0.0199. The number of esters is 1. The van der Waals surface area contributed by atoms with Gasteiger partial charge in [0, 0.05) is 6.42 Å². The van der Waals surface area contributed by atoms with Gasteiger partial charge in [0.1, 0.15) is 11.2 Å². The normalized spacial score (nSPS) is 23.8. The number of cyclic esters (lactones) is 1. The van der Waals surface area contributed by atoms with Gasteiger partial charge in [-0.15, -0.1) is 0 Å². The van der Waals surface area contributed by atoms with Gasteiger partial charge in [-0.05, 0) is 13.3 Å². The van der Waals surface area contributed by atoms with Crippen molar-refractivity contribution in [3.8, 4) is 0 Å². The van der Waals surface area contributed by atoms with Crippen molar-refractivity contribution in [2.45, 2.75) is 65.2 Å². The Morgan fingerprint density at radius 3 is 2.41 bits per heavy atom. The molecular weight excluding hydrogens is 216 g/mol. The molecule has 1 heterocycles. The van der Waals surface area contributed by atoms with Gasteiger partial charge in [0.2, 0.25) is 0 Å². The molecule has 0 N–H and O–H groups in total. The van der Waals surface area contributed by atoms with Gasteiger partial charge in [-0.3, -0.25) is 9.59 Å². The van der Waals surface area contributed by atoms with Crippen LogP contribution < -0.4 is 0 Å². The maximum absolute atomic E-state index is 11.7. The molecule has 3 nitrogen and oxygen atoms in total. The molecule has 1 rings (SSSR count). The minimum Gasteiger partial charge on any atom is -0.465 e. The van der Waals surface area contributed by atoms with Crippen LogP contribution in [0.2, 0.25) is 0 Å². The average molecular weight is 240 g/mol. The first-order valence-corrected chi connectivity index (χ1v) is 6.82. The first-order chi connectivity index (χ1) is 8.13. The summed E-state index contributed by atoms with van der Waals surface area (Å²) in [7, 11) is 0. The molecule has 0 bridgehead atoms. The topological polar surface area (TPSA) is 43.4 Å². The first-order valence-electron chi connectivity index (χ1n) is 6.82. The standard InChI is InChI=1S/C14H24O3/c1-3-4-5-6-7-8-9-14(12(2)15)10-11-17-13(14)16/h3-11H2,1-2H3. The molecule has 0 aliphatic carbocycles. The Morgan fingerprint density at radius 1 is 1.24 bits per heavy atom. The highest BCUT2D eigenvalue weighted by Crippen LogP contribution is 2.36. The molecular formula is C14H24O3. The van der Waals surface area contributed by atoms with E-state index in [1.165, 1.54) is 32.6 Å². The van der Waals surface area contributed by atoms with E-state index in [-0.39, 0.29) is 11.8 Å². The van der Waals surface area contributed by atoms with E-state index in [4.69, 9.17) is 4.74 Å². The number of carbonyl (C=O) groups is 2. The largest absolute Gasteiger partial charge is 0.465 e. The Bertz CT molecular complexity index is 273. The summed E-state index contributed by atoms with van der Waals surface area (Å²) in [5.41, 5.74) is -0.801. The summed E-state index contributed by atoms with van der Waals surface area (Å²) in [5.74, 6) is -0.313. The lowest BCUT2D eigenvalue weighted by Gasteiger charge is -2.20. The zero-order chi connectivity index (χ0) is 12.7. The van der Waals surface area contributed by atoms with Gasteiger partial charge in [0.05, 0.1) is 6.61 Å². The third kappa shape index (κ3) is 3.55. The highest BCUT2D eigenvalue weighted by Gasteiger charge is 2.47. The highest BCUT2D eigenvalue weighted by atomic mass is 16.5. The Balaban J connectivity index is 2.31. The molecule has 0 aromatic rings. The van der Waals surface area contributed by atoms with Crippen LogP contribution >= 0.6 is 0 Å². The van der Waals surface area contributed by atoms with Gasteiger partial charge in [-0.25, -0.2) is 0 Å². The first kappa shape index (κ1) is 14.2. The van der Waals surface area contributed by atoms with Gasteiger partial charge in [0.15, 0.2) is 0 Å². The molecule has 1 fully saturated rings. The van der Waals surface area contributed by atoms with Crippen molar-refractivity contribution in [1.29, 1.82) is 0 Å². The van der Waals surface area contributed by atoms with E-state index in [1.54, 1.807) is 0 Å². The Labute approximate surface area is 104 Å². The number of ether oxygens (including phenoxy) is 1. The smallest absolute Gasteiger partial charge is 0.319 e. The van der Waals surface area contributed by atoms with E-state index in [9.17, 15) is 9.59 Å². The molecule has 0 saturated carbocycles. The molecule has 1 unspecified atom stereocenters. The van der Waals surface area contributed by atoms with Crippen molar-refractivity contribution in [1.82, 2.24) is 0 Å². The highest BCUT2D eigenvalue weighted by molar-refractivity contribution is 6.03. The van der Waals surface area contributed by atoms with Gasteiger partial charge in [0.25, 0.3) is 0 Å². The van der Waals surface area contributed by atoms with Crippen molar-refractivity contribution < 1.29 is 14.3 Å². The minimum atomic E-state index is -0.801. The van der Waals surface area contributed by atoms with Crippen molar-refractivity contribution in [3.63, 3.8) is 0 Å². The fraction of sp³-hybridized carbons (Fsp3) is 0.857. The van der Waals surface area contributed by atoms with E-state index in [2.05, 4.69) is 6.92 Å². The van der Waals surface area contributed by atoms with Crippen LogP contribution in [-0.2, 0) is 14.3 Å². The summed E-state index contributed by atoms with van der Waals surface area (Å²) in [6.45, 7) is 4.12. The summed E-state index contributed by atoms with van der Waals surface area (Å²) in [4.78, 5) is 23.3. The van der Waals surface area contributed by atoms with Crippen LogP contribution in [0.4, 0.5) is 0 Å². The van der Waals surface area contributed by atoms with Crippen LogP contribution in [0.15, 0.2) is 0 Å². The van der Waals surface area contributed by atoms with Crippen molar-refractivity contribution in [2.75, 3.05) is 6.61 Å². The van der Waals surface area contributed by atoms with E-state index in [0.29, 0.717) is 19.4 Å². The number of Topliss-reactive ketones (excluding diaryl/α,β-unsaturated/α-hetero) is 1. The number of hydrogen-bond donors (Lipinski definition) is 0. The molecule has 0 spiro atoms. The maximum Gasteiger partial charge on any atom is 0.319 e. The number of carbonyl (C=O) groups excluding carboxylic acids is 2. The number of hydrogen-bond acceptors (Lipinski definition) is 3. The summed E-state index contributed by atoms with van der Waals surface area (Å²) in [5, 5.41) is 0. The van der Waals surface area contributed by atoms with E-state index >= 15 is 0 Å². The lowest BCUT2D eigenvalue weighted by Crippen LogP contribution is -2.34. The Hall–Kier alpha value is -0.860. The number of rotatable bonds is 8. The van der Waals surface area contributed by atoms with E-state index in [0.717, 1.165) is 12.8 Å². The fourth-order valence-electron chi connectivity index (χ4n) is 2.49. The van der Waals surface area contributed by atoms with Crippen LogP contribution in [0.1, 0.15) is 65.2 Å². The zero-order valence-electron chi connectivity index (χ0n) is 11.1. The quantitative estimate of drug-likeness (QED) is 0.371. The molecule has 0 amide bonds. The van der Waals surface area contributed by atoms with Crippen LogP contribution in [0, 0.1) is 5.41 Å². The Kier molecular flexibility index (Phi) is 5.66. The van der Waals surface area contributed by atoms with Crippen LogP contribution in [0.3, 0.4) is 0 Å². The molecule has 17 heavy (non-hydrogen) atoms.